The molecular weight excluding hydrogens is 266 g/mol. The minimum absolute atomic E-state index is 0.0852. The maximum absolute atomic E-state index is 12.3. The van der Waals surface area contributed by atoms with Crippen LogP contribution in [0.2, 0.25) is 0 Å². The Balaban J connectivity index is 2.41. The van der Waals surface area contributed by atoms with Gasteiger partial charge in [0.1, 0.15) is 0 Å². The summed E-state index contributed by atoms with van der Waals surface area (Å²) in [5.74, 6) is 0.0852. The fraction of sp³-hybridized carbons (Fsp3) is 0.250. The average molecular weight is 281 g/mol. The van der Waals surface area contributed by atoms with Gasteiger partial charge in [-0.2, -0.15) is 0 Å². The van der Waals surface area contributed by atoms with Crippen molar-refractivity contribution in [1.82, 2.24) is 5.16 Å². The molecule has 1 heterocycles. The Bertz CT molecular complexity index is 692. The quantitative estimate of drug-likeness (QED) is 0.834. The molecule has 0 aliphatic carbocycles. The number of rotatable bonds is 4. The van der Waals surface area contributed by atoms with Crippen LogP contribution in [0.15, 0.2) is 33.7 Å². The molecule has 0 saturated heterocycles. The second kappa shape index (κ2) is 4.93. The number of aromatic nitrogens is 1. The third kappa shape index (κ3) is 2.87. The lowest BCUT2D eigenvalue weighted by atomic mass is 10.1. The lowest BCUT2D eigenvalue weighted by molar-refractivity contribution is 0.430. The summed E-state index contributed by atoms with van der Waals surface area (Å²) in [5.41, 5.74) is 7.33. The Morgan fingerprint density at radius 3 is 2.68 bits per heavy atom. The highest BCUT2D eigenvalue weighted by Crippen LogP contribution is 2.22. The van der Waals surface area contributed by atoms with Gasteiger partial charge in [0.2, 0.25) is 5.88 Å². The van der Waals surface area contributed by atoms with Crippen molar-refractivity contribution in [3.8, 4) is 0 Å². The van der Waals surface area contributed by atoms with Gasteiger partial charge < -0.3 is 10.3 Å². The summed E-state index contributed by atoms with van der Waals surface area (Å²) in [5, 5.41) is 3.63. The second-order valence-electron chi connectivity index (χ2n) is 4.16. The highest BCUT2D eigenvalue weighted by Gasteiger charge is 2.20. The molecule has 0 atom stereocenters. The lowest BCUT2D eigenvalue weighted by Gasteiger charge is -2.10. The van der Waals surface area contributed by atoms with Crippen molar-refractivity contribution in [3.63, 3.8) is 0 Å². The molecule has 1 aromatic heterocycles. The molecule has 2 rings (SSSR count). The molecule has 1 aromatic carbocycles. The van der Waals surface area contributed by atoms with Crippen molar-refractivity contribution in [2.75, 3.05) is 10.5 Å². The number of aryl methyl sites for hydroxylation is 2. The summed E-state index contributed by atoms with van der Waals surface area (Å²) in [6, 6.07) is 6.33. The van der Waals surface area contributed by atoms with Crippen molar-refractivity contribution in [2.24, 2.45) is 0 Å². The van der Waals surface area contributed by atoms with Crippen LogP contribution in [-0.2, 0) is 16.4 Å². The highest BCUT2D eigenvalue weighted by molar-refractivity contribution is 7.92. The molecule has 0 fully saturated rings. The second-order valence-corrected chi connectivity index (χ2v) is 5.81. The first kappa shape index (κ1) is 13.4. The van der Waals surface area contributed by atoms with Gasteiger partial charge in [0.05, 0.1) is 10.6 Å². The van der Waals surface area contributed by atoms with Gasteiger partial charge in [-0.25, -0.2) is 13.1 Å². The third-order valence-electron chi connectivity index (χ3n) is 2.62. The van der Waals surface area contributed by atoms with Crippen LogP contribution in [0.3, 0.4) is 0 Å². The number of anilines is 2. The van der Waals surface area contributed by atoms with Crippen LogP contribution in [0, 0.1) is 6.92 Å². The summed E-state index contributed by atoms with van der Waals surface area (Å²) in [6.07, 6.45) is 0.589. The predicted octanol–water partition coefficient (Wildman–Crippen LogP) is 1.93. The van der Waals surface area contributed by atoms with Gasteiger partial charge >= 0.3 is 0 Å². The average Bonchev–Trinajstić information content (AvgIpc) is 2.74. The molecule has 7 heteroatoms. The van der Waals surface area contributed by atoms with Crippen molar-refractivity contribution in [1.29, 1.82) is 0 Å². The van der Waals surface area contributed by atoms with E-state index in [4.69, 9.17) is 10.3 Å². The van der Waals surface area contributed by atoms with E-state index in [1.54, 1.807) is 19.1 Å². The van der Waals surface area contributed by atoms with Crippen LogP contribution in [0.25, 0.3) is 0 Å². The van der Waals surface area contributed by atoms with Crippen molar-refractivity contribution >= 4 is 21.6 Å². The minimum Gasteiger partial charge on any atom is -0.399 e. The van der Waals surface area contributed by atoms with E-state index in [2.05, 4.69) is 9.88 Å². The van der Waals surface area contributed by atoms with Crippen LogP contribution >= 0.6 is 0 Å². The molecule has 19 heavy (non-hydrogen) atoms. The van der Waals surface area contributed by atoms with Crippen molar-refractivity contribution in [3.05, 3.63) is 35.5 Å². The minimum atomic E-state index is -3.73. The van der Waals surface area contributed by atoms with E-state index in [0.29, 0.717) is 23.4 Å². The Morgan fingerprint density at radius 1 is 1.37 bits per heavy atom. The van der Waals surface area contributed by atoms with Crippen LogP contribution in [0.4, 0.5) is 11.6 Å². The molecule has 3 N–H and O–H groups in total. The van der Waals surface area contributed by atoms with Crippen molar-refractivity contribution in [2.45, 2.75) is 25.2 Å². The number of hydrogen-bond acceptors (Lipinski definition) is 5. The van der Waals surface area contributed by atoms with E-state index in [1.165, 1.54) is 12.1 Å². The molecule has 0 radical (unpaired) electrons. The molecule has 102 valence electrons. The molecule has 0 saturated carbocycles. The SMILES string of the molecule is CCc1ccc(N)cc1S(=O)(=O)Nc1cc(C)no1. The molecule has 0 bridgehead atoms. The van der Waals surface area contributed by atoms with Gasteiger partial charge in [0, 0.05) is 11.8 Å². The fourth-order valence-electron chi connectivity index (χ4n) is 1.71. The van der Waals surface area contributed by atoms with Crippen LogP contribution in [0.5, 0.6) is 0 Å². The van der Waals surface area contributed by atoms with E-state index in [1.807, 2.05) is 6.92 Å². The molecule has 0 unspecified atom stereocenters. The summed E-state index contributed by atoms with van der Waals surface area (Å²) >= 11 is 0. The van der Waals surface area contributed by atoms with E-state index in [0.717, 1.165) is 0 Å². The largest absolute Gasteiger partial charge is 0.399 e. The van der Waals surface area contributed by atoms with Gasteiger partial charge in [-0.1, -0.05) is 18.1 Å². The molecule has 2 aromatic rings. The highest BCUT2D eigenvalue weighted by atomic mass is 32.2. The van der Waals surface area contributed by atoms with Crippen LogP contribution in [-0.4, -0.2) is 13.6 Å². The van der Waals surface area contributed by atoms with Gasteiger partial charge in [-0.05, 0) is 31.0 Å². The Morgan fingerprint density at radius 2 is 2.11 bits per heavy atom. The molecule has 0 aliphatic heterocycles. The predicted molar refractivity (Wildman–Crippen MR) is 72.3 cm³/mol. The number of hydrogen-bond donors (Lipinski definition) is 2. The first-order chi connectivity index (χ1) is 8.92. The van der Waals surface area contributed by atoms with E-state index in [9.17, 15) is 8.42 Å². The van der Waals surface area contributed by atoms with E-state index in [-0.39, 0.29) is 10.8 Å². The van der Waals surface area contributed by atoms with Crippen LogP contribution < -0.4 is 10.5 Å². The van der Waals surface area contributed by atoms with E-state index >= 15 is 0 Å². The zero-order chi connectivity index (χ0) is 14.0. The standard InChI is InChI=1S/C12H15N3O3S/c1-3-9-4-5-10(13)7-11(9)19(16,17)15-12-6-8(2)14-18-12/h4-7,15H,3,13H2,1-2H3. The summed E-state index contributed by atoms with van der Waals surface area (Å²) in [7, 11) is -3.73. The maximum atomic E-state index is 12.3. The summed E-state index contributed by atoms with van der Waals surface area (Å²) in [4.78, 5) is 0.157. The monoisotopic (exact) mass is 281 g/mol. The van der Waals surface area contributed by atoms with E-state index < -0.39 is 10.0 Å². The van der Waals surface area contributed by atoms with Gasteiger partial charge in [-0.3, -0.25) is 0 Å². The smallest absolute Gasteiger partial charge is 0.264 e. The number of nitrogens with one attached hydrogen (secondary N) is 1. The fourth-order valence-corrected chi connectivity index (χ4v) is 3.03. The Labute approximate surface area is 111 Å². The topological polar surface area (TPSA) is 98.2 Å². The maximum Gasteiger partial charge on any atom is 0.264 e. The molecule has 0 aliphatic rings. The number of sulfonamides is 1. The number of nitrogens with zero attached hydrogens (tertiary/aromatic N) is 1. The summed E-state index contributed by atoms with van der Waals surface area (Å²) in [6.45, 7) is 3.59. The Hall–Kier alpha value is -2.02. The van der Waals surface area contributed by atoms with Crippen molar-refractivity contribution < 1.29 is 12.9 Å². The lowest BCUT2D eigenvalue weighted by Crippen LogP contribution is -2.15. The summed E-state index contributed by atoms with van der Waals surface area (Å²) < 4.78 is 31.8. The van der Waals surface area contributed by atoms with Gasteiger partial charge in [-0.15, -0.1) is 0 Å². The zero-order valence-corrected chi connectivity index (χ0v) is 11.5. The first-order valence-corrected chi connectivity index (χ1v) is 7.25. The molecule has 6 nitrogen and oxygen atoms in total. The zero-order valence-electron chi connectivity index (χ0n) is 10.7. The normalized spacial score (nSPS) is 11.5. The number of benzene rings is 1. The number of nitrogens with two attached hydrogens (primary N) is 1. The Kier molecular flexibility index (Phi) is 3.48. The third-order valence-corrected chi connectivity index (χ3v) is 4.05. The molecule has 0 amide bonds. The number of nitrogen functional groups attached to an aromatic ring is 1. The first-order valence-electron chi connectivity index (χ1n) is 5.77. The molecular formula is C12H15N3O3S. The molecule has 0 spiro atoms. The van der Waals surface area contributed by atoms with Gasteiger partial charge in [0.25, 0.3) is 10.0 Å². The van der Waals surface area contributed by atoms with Crippen LogP contribution in [0.1, 0.15) is 18.2 Å². The van der Waals surface area contributed by atoms with Gasteiger partial charge in [0.15, 0.2) is 0 Å².